The van der Waals surface area contributed by atoms with Crippen molar-refractivity contribution in [3.63, 3.8) is 0 Å². The Morgan fingerprint density at radius 3 is 2.59 bits per heavy atom. The van der Waals surface area contributed by atoms with Gasteiger partial charge in [0, 0.05) is 6.04 Å². The molecule has 1 nitrogen and oxygen atoms in total. The molecule has 0 radical (unpaired) electrons. The molecular weight excluding hydrogens is 213 g/mol. The van der Waals surface area contributed by atoms with Crippen LogP contribution in [0.3, 0.4) is 0 Å². The average Bonchev–Trinajstić information content (AvgIpc) is 2.88. The Hall–Kier alpha value is -0.890. The Labute approximate surface area is 103 Å². The maximum Gasteiger partial charge on any atom is 0.126 e. The monoisotopic (exact) mass is 235 g/mol. The molecule has 0 aromatic heterocycles. The smallest absolute Gasteiger partial charge is 0.126 e. The van der Waals surface area contributed by atoms with Crippen LogP contribution in [-0.2, 0) is 0 Å². The van der Waals surface area contributed by atoms with E-state index in [9.17, 15) is 4.39 Å². The SMILES string of the molecule is CCNC(c1ccc(F)c(C)c1)C1CC1(C)C. The Kier molecular flexibility index (Phi) is 3.26. The molecule has 0 amide bonds. The molecular formula is C15H22FN. The van der Waals surface area contributed by atoms with E-state index in [1.54, 1.807) is 6.07 Å². The predicted octanol–water partition coefficient (Wildman–Crippen LogP) is 3.83. The number of nitrogens with one attached hydrogen (secondary N) is 1. The zero-order chi connectivity index (χ0) is 12.6. The van der Waals surface area contributed by atoms with Crippen LogP contribution in [0, 0.1) is 24.1 Å². The van der Waals surface area contributed by atoms with E-state index < -0.39 is 0 Å². The second-order valence-corrected chi connectivity index (χ2v) is 5.84. The van der Waals surface area contributed by atoms with Gasteiger partial charge in [-0.3, -0.25) is 0 Å². The molecule has 2 atom stereocenters. The molecule has 2 unspecified atom stereocenters. The van der Waals surface area contributed by atoms with Crippen molar-refractivity contribution in [2.75, 3.05) is 6.54 Å². The Morgan fingerprint density at radius 2 is 2.12 bits per heavy atom. The average molecular weight is 235 g/mol. The molecule has 17 heavy (non-hydrogen) atoms. The highest BCUT2D eigenvalue weighted by atomic mass is 19.1. The largest absolute Gasteiger partial charge is 0.310 e. The van der Waals surface area contributed by atoms with Crippen LogP contribution in [0.4, 0.5) is 4.39 Å². The lowest BCUT2D eigenvalue weighted by molar-refractivity contribution is 0.423. The molecule has 0 spiro atoms. The van der Waals surface area contributed by atoms with Crippen molar-refractivity contribution in [3.8, 4) is 0 Å². The van der Waals surface area contributed by atoms with Gasteiger partial charge in [-0.1, -0.05) is 32.9 Å². The van der Waals surface area contributed by atoms with Gasteiger partial charge in [-0.2, -0.15) is 0 Å². The van der Waals surface area contributed by atoms with E-state index in [2.05, 4.69) is 26.1 Å². The third kappa shape index (κ3) is 2.52. The van der Waals surface area contributed by atoms with E-state index in [0.29, 0.717) is 17.4 Å². The number of hydrogen-bond acceptors (Lipinski definition) is 1. The van der Waals surface area contributed by atoms with Crippen molar-refractivity contribution in [2.24, 2.45) is 11.3 Å². The number of hydrogen-bond donors (Lipinski definition) is 1. The van der Waals surface area contributed by atoms with E-state index in [1.165, 1.54) is 12.0 Å². The normalized spacial score (nSPS) is 23.5. The van der Waals surface area contributed by atoms with Gasteiger partial charge >= 0.3 is 0 Å². The van der Waals surface area contributed by atoms with Crippen molar-refractivity contribution in [1.82, 2.24) is 5.32 Å². The van der Waals surface area contributed by atoms with Crippen molar-refractivity contribution in [2.45, 2.75) is 40.2 Å². The van der Waals surface area contributed by atoms with E-state index in [0.717, 1.165) is 12.1 Å². The molecule has 1 aliphatic rings. The Morgan fingerprint density at radius 1 is 1.47 bits per heavy atom. The maximum atomic E-state index is 13.3. The van der Waals surface area contributed by atoms with Crippen molar-refractivity contribution >= 4 is 0 Å². The van der Waals surface area contributed by atoms with Crippen molar-refractivity contribution < 1.29 is 4.39 Å². The summed E-state index contributed by atoms with van der Waals surface area (Å²) in [5, 5.41) is 3.54. The molecule has 1 fully saturated rings. The number of rotatable bonds is 4. The third-order valence-electron chi connectivity index (χ3n) is 3.96. The van der Waals surface area contributed by atoms with Crippen LogP contribution in [0.15, 0.2) is 18.2 Å². The molecule has 2 rings (SSSR count). The summed E-state index contributed by atoms with van der Waals surface area (Å²) in [6.45, 7) is 9.52. The van der Waals surface area contributed by atoms with Gasteiger partial charge in [0.15, 0.2) is 0 Å². The van der Waals surface area contributed by atoms with E-state index in [1.807, 2.05) is 19.1 Å². The lowest BCUT2D eigenvalue weighted by atomic mass is 9.95. The maximum absolute atomic E-state index is 13.3. The molecule has 0 saturated heterocycles. The fourth-order valence-electron chi connectivity index (χ4n) is 2.65. The van der Waals surface area contributed by atoms with Crippen LogP contribution in [0.1, 0.15) is 44.4 Å². The summed E-state index contributed by atoms with van der Waals surface area (Å²) in [5.41, 5.74) is 2.39. The topological polar surface area (TPSA) is 12.0 Å². The van der Waals surface area contributed by atoms with Crippen LogP contribution < -0.4 is 5.32 Å². The fraction of sp³-hybridized carbons (Fsp3) is 0.600. The summed E-state index contributed by atoms with van der Waals surface area (Å²) < 4.78 is 13.3. The number of benzene rings is 1. The summed E-state index contributed by atoms with van der Waals surface area (Å²) in [6.07, 6.45) is 1.25. The van der Waals surface area contributed by atoms with Crippen molar-refractivity contribution in [3.05, 3.63) is 35.1 Å². The highest BCUT2D eigenvalue weighted by molar-refractivity contribution is 5.28. The summed E-state index contributed by atoms with van der Waals surface area (Å²) >= 11 is 0. The van der Waals surface area contributed by atoms with Gasteiger partial charge in [-0.15, -0.1) is 0 Å². The second kappa shape index (κ2) is 4.41. The highest BCUT2D eigenvalue weighted by Gasteiger charge is 2.50. The van der Waals surface area contributed by atoms with Gasteiger partial charge in [0.2, 0.25) is 0 Å². The van der Waals surface area contributed by atoms with Gasteiger partial charge in [-0.05, 0) is 48.4 Å². The van der Waals surface area contributed by atoms with Crippen LogP contribution in [0.5, 0.6) is 0 Å². The Balaban J connectivity index is 2.24. The first-order valence-corrected chi connectivity index (χ1v) is 6.45. The Bertz CT molecular complexity index is 411. The van der Waals surface area contributed by atoms with E-state index in [4.69, 9.17) is 0 Å². The van der Waals surface area contributed by atoms with Gasteiger partial charge in [0.05, 0.1) is 0 Å². The van der Waals surface area contributed by atoms with Crippen LogP contribution in [-0.4, -0.2) is 6.54 Å². The van der Waals surface area contributed by atoms with Gasteiger partial charge < -0.3 is 5.32 Å². The first-order valence-electron chi connectivity index (χ1n) is 6.45. The first kappa shape index (κ1) is 12.6. The molecule has 1 saturated carbocycles. The fourth-order valence-corrected chi connectivity index (χ4v) is 2.65. The zero-order valence-electron chi connectivity index (χ0n) is 11.2. The van der Waals surface area contributed by atoms with Gasteiger partial charge in [0.1, 0.15) is 5.82 Å². The summed E-state index contributed by atoms with van der Waals surface area (Å²) in [6, 6.07) is 5.86. The van der Waals surface area contributed by atoms with E-state index in [-0.39, 0.29) is 5.82 Å². The minimum atomic E-state index is -0.112. The van der Waals surface area contributed by atoms with Gasteiger partial charge in [-0.25, -0.2) is 4.39 Å². The molecule has 94 valence electrons. The molecule has 0 heterocycles. The van der Waals surface area contributed by atoms with Gasteiger partial charge in [0.25, 0.3) is 0 Å². The van der Waals surface area contributed by atoms with Crippen LogP contribution in [0.2, 0.25) is 0 Å². The van der Waals surface area contributed by atoms with E-state index >= 15 is 0 Å². The summed E-state index contributed by atoms with van der Waals surface area (Å²) in [5.74, 6) is 0.561. The van der Waals surface area contributed by atoms with Crippen LogP contribution in [0.25, 0.3) is 0 Å². The standard InChI is InChI=1S/C15H22FN/c1-5-17-14(12-9-15(12,3)4)11-6-7-13(16)10(2)8-11/h6-8,12,14,17H,5,9H2,1-4H3. The minimum Gasteiger partial charge on any atom is -0.310 e. The lowest BCUT2D eigenvalue weighted by Crippen LogP contribution is -2.24. The molecule has 0 bridgehead atoms. The first-order chi connectivity index (χ1) is 7.95. The third-order valence-corrected chi connectivity index (χ3v) is 3.96. The minimum absolute atomic E-state index is 0.112. The molecule has 1 aliphatic carbocycles. The van der Waals surface area contributed by atoms with Crippen LogP contribution >= 0.6 is 0 Å². The predicted molar refractivity (Wildman–Crippen MR) is 69.4 cm³/mol. The number of halogens is 1. The molecule has 1 aromatic rings. The highest BCUT2D eigenvalue weighted by Crippen LogP contribution is 2.57. The molecule has 1 N–H and O–H groups in total. The molecule has 2 heteroatoms. The quantitative estimate of drug-likeness (QED) is 0.836. The second-order valence-electron chi connectivity index (χ2n) is 5.84. The molecule has 0 aliphatic heterocycles. The number of aryl methyl sites for hydroxylation is 1. The zero-order valence-corrected chi connectivity index (χ0v) is 11.2. The lowest BCUT2D eigenvalue weighted by Gasteiger charge is -2.20. The molecule has 1 aromatic carbocycles. The van der Waals surface area contributed by atoms with Crippen molar-refractivity contribution in [1.29, 1.82) is 0 Å². The summed E-state index contributed by atoms with van der Waals surface area (Å²) in [7, 11) is 0. The summed E-state index contributed by atoms with van der Waals surface area (Å²) in [4.78, 5) is 0.